The normalized spacial score (nSPS) is 24.5. The number of sulfone groups is 1. The van der Waals surface area contributed by atoms with Gasteiger partial charge < -0.3 is 4.90 Å². The molecular formula is C12H17ClN2O2S. The molecule has 0 amide bonds. The fourth-order valence-corrected chi connectivity index (χ4v) is 3.69. The first-order valence-electron chi connectivity index (χ1n) is 5.93. The van der Waals surface area contributed by atoms with Gasteiger partial charge in [-0.2, -0.15) is 0 Å². The summed E-state index contributed by atoms with van der Waals surface area (Å²) >= 11 is 6.00. The van der Waals surface area contributed by atoms with Crippen LogP contribution in [0.4, 0.5) is 5.82 Å². The molecule has 1 aliphatic rings. The van der Waals surface area contributed by atoms with Crippen molar-refractivity contribution < 1.29 is 8.42 Å². The number of hydrogen-bond donors (Lipinski definition) is 0. The van der Waals surface area contributed by atoms with Crippen LogP contribution in [-0.2, 0) is 9.84 Å². The molecule has 1 aliphatic heterocycles. The molecule has 0 spiro atoms. The smallest absolute Gasteiger partial charge is 0.179 e. The van der Waals surface area contributed by atoms with Crippen LogP contribution in [0.15, 0.2) is 23.2 Å². The fourth-order valence-electron chi connectivity index (χ4n) is 2.39. The van der Waals surface area contributed by atoms with E-state index in [0.717, 1.165) is 13.0 Å². The minimum absolute atomic E-state index is 0.155. The lowest BCUT2D eigenvalue weighted by molar-refractivity contribution is 0.546. The third-order valence-corrected chi connectivity index (χ3v) is 4.90. The Morgan fingerprint density at radius 3 is 2.89 bits per heavy atom. The van der Waals surface area contributed by atoms with Crippen LogP contribution >= 0.6 is 11.6 Å². The molecule has 0 aromatic carbocycles. The molecule has 2 heterocycles. The maximum Gasteiger partial charge on any atom is 0.179 e. The van der Waals surface area contributed by atoms with E-state index in [9.17, 15) is 8.42 Å². The van der Waals surface area contributed by atoms with E-state index in [1.807, 2.05) is 4.90 Å². The van der Waals surface area contributed by atoms with Gasteiger partial charge in [-0.3, -0.25) is 0 Å². The van der Waals surface area contributed by atoms with E-state index in [1.165, 1.54) is 6.26 Å². The summed E-state index contributed by atoms with van der Waals surface area (Å²) in [6, 6.07) is 3.41. The average Bonchev–Trinajstić information content (AvgIpc) is 2.69. The number of anilines is 1. The maximum absolute atomic E-state index is 11.8. The Balaban J connectivity index is 2.46. The largest absolute Gasteiger partial charge is 0.351 e. The van der Waals surface area contributed by atoms with Crippen molar-refractivity contribution >= 4 is 27.3 Å². The summed E-state index contributed by atoms with van der Waals surface area (Å²) in [5, 5.41) is 0. The second-order valence-corrected chi connectivity index (χ2v) is 7.07. The quantitative estimate of drug-likeness (QED) is 0.798. The zero-order valence-electron chi connectivity index (χ0n) is 10.5. The predicted octanol–water partition coefficient (Wildman–Crippen LogP) is 1.94. The summed E-state index contributed by atoms with van der Waals surface area (Å²) in [4.78, 5) is 6.56. The van der Waals surface area contributed by atoms with E-state index in [2.05, 4.69) is 11.9 Å². The summed E-state index contributed by atoms with van der Waals surface area (Å²) in [5.41, 5.74) is 0. The minimum atomic E-state index is -3.27. The lowest BCUT2D eigenvalue weighted by atomic mass is 10.1. The molecule has 2 atom stereocenters. The van der Waals surface area contributed by atoms with Gasteiger partial charge in [-0.1, -0.05) is 6.92 Å². The first kappa shape index (κ1) is 13.6. The van der Waals surface area contributed by atoms with E-state index in [1.54, 1.807) is 18.3 Å². The molecule has 1 saturated heterocycles. The summed E-state index contributed by atoms with van der Waals surface area (Å²) in [7, 11) is -3.27. The van der Waals surface area contributed by atoms with Gasteiger partial charge in [0.05, 0.1) is 0 Å². The molecule has 1 fully saturated rings. The van der Waals surface area contributed by atoms with Crippen LogP contribution in [0.25, 0.3) is 0 Å². The van der Waals surface area contributed by atoms with E-state index >= 15 is 0 Å². The summed E-state index contributed by atoms with van der Waals surface area (Å²) in [6.07, 6.45) is 3.85. The van der Waals surface area contributed by atoms with Crippen LogP contribution in [0.5, 0.6) is 0 Å². The van der Waals surface area contributed by atoms with Gasteiger partial charge in [-0.05, 0) is 24.5 Å². The zero-order chi connectivity index (χ0) is 13.3. The molecule has 0 radical (unpaired) electrons. The van der Waals surface area contributed by atoms with Crippen molar-refractivity contribution in [2.24, 2.45) is 5.92 Å². The summed E-state index contributed by atoms with van der Waals surface area (Å²) in [5.74, 6) is 1.48. The van der Waals surface area contributed by atoms with Crippen LogP contribution in [0.3, 0.4) is 0 Å². The van der Waals surface area contributed by atoms with Gasteiger partial charge in [0.1, 0.15) is 10.7 Å². The van der Waals surface area contributed by atoms with E-state index < -0.39 is 9.84 Å². The Kier molecular flexibility index (Phi) is 3.82. The van der Waals surface area contributed by atoms with Crippen molar-refractivity contribution in [3.8, 4) is 0 Å². The standard InChI is InChI=1S/C12H17ClN2O2S/c1-9-5-7-15(10(9)8-13)12-11(18(2,16)17)4-3-6-14-12/h3-4,6,9-10H,5,7-8H2,1-2H3. The molecule has 1 aromatic heterocycles. The first-order valence-corrected chi connectivity index (χ1v) is 8.35. The molecule has 100 valence electrons. The van der Waals surface area contributed by atoms with Crippen molar-refractivity contribution in [3.05, 3.63) is 18.3 Å². The van der Waals surface area contributed by atoms with E-state index in [-0.39, 0.29) is 10.9 Å². The molecule has 1 aromatic rings. The van der Waals surface area contributed by atoms with Crippen LogP contribution in [0.1, 0.15) is 13.3 Å². The summed E-state index contributed by atoms with van der Waals surface area (Å²) in [6.45, 7) is 2.94. The Morgan fingerprint density at radius 2 is 2.28 bits per heavy atom. The Labute approximate surface area is 113 Å². The number of nitrogens with zero attached hydrogens (tertiary/aromatic N) is 2. The van der Waals surface area contributed by atoms with Crippen LogP contribution in [0, 0.1) is 5.92 Å². The lowest BCUT2D eigenvalue weighted by Gasteiger charge is -2.27. The summed E-state index contributed by atoms with van der Waals surface area (Å²) < 4.78 is 23.6. The van der Waals surface area contributed by atoms with Crippen molar-refractivity contribution in [3.63, 3.8) is 0 Å². The molecule has 0 N–H and O–H groups in total. The fraction of sp³-hybridized carbons (Fsp3) is 0.583. The zero-order valence-corrected chi connectivity index (χ0v) is 12.1. The van der Waals surface area contributed by atoms with Gasteiger partial charge in [0.15, 0.2) is 9.84 Å². The number of rotatable bonds is 3. The topological polar surface area (TPSA) is 50.3 Å². The minimum Gasteiger partial charge on any atom is -0.351 e. The molecule has 4 nitrogen and oxygen atoms in total. The average molecular weight is 289 g/mol. The molecule has 2 unspecified atom stereocenters. The first-order chi connectivity index (χ1) is 8.45. The highest BCUT2D eigenvalue weighted by molar-refractivity contribution is 7.90. The monoisotopic (exact) mass is 288 g/mol. The highest BCUT2D eigenvalue weighted by Crippen LogP contribution is 2.32. The van der Waals surface area contributed by atoms with Crippen molar-refractivity contribution in [2.75, 3.05) is 23.6 Å². The predicted molar refractivity (Wildman–Crippen MR) is 73.0 cm³/mol. The lowest BCUT2D eigenvalue weighted by Crippen LogP contribution is -2.35. The SMILES string of the molecule is CC1CCN(c2ncccc2S(C)(=O)=O)C1CCl. The van der Waals surface area contributed by atoms with E-state index in [4.69, 9.17) is 11.6 Å². The number of alkyl halides is 1. The van der Waals surface area contributed by atoms with Gasteiger partial charge in [-0.25, -0.2) is 13.4 Å². The number of pyridine rings is 1. The highest BCUT2D eigenvalue weighted by atomic mass is 35.5. The van der Waals surface area contributed by atoms with Gasteiger partial charge in [0.2, 0.25) is 0 Å². The Bertz CT molecular complexity index is 533. The molecule has 0 aliphatic carbocycles. The number of halogens is 1. The molecular weight excluding hydrogens is 272 g/mol. The maximum atomic E-state index is 11.8. The highest BCUT2D eigenvalue weighted by Gasteiger charge is 2.33. The third-order valence-electron chi connectivity index (χ3n) is 3.46. The molecule has 18 heavy (non-hydrogen) atoms. The Hall–Kier alpha value is -0.810. The second kappa shape index (κ2) is 5.05. The van der Waals surface area contributed by atoms with Crippen molar-refractivity contribution in [1.82, 2.24) is 4.98 Å². The van der Waals surface area contributed by atoms with E-state index in [0.29, 0.717) is 17.6 Å². The van der Waals surface area contributed by atoms with Crippen molar-refractivity contribution in [1.29, 1.82) is 0 Å². The number of hydrogen-bond acceptors (Lipinski definition) is 4. The van der Waals surface area contributed by atoms with Crippen molar-refractivity contribution in [2.45, 2.75) is 24.3 Å². The van der Waals surface area contributed by atoms with Gasteiger partial charge in [-0.15, -0.1) is 11.6 Å². The van der Waals surface area contributed by atoms with Crippen LogP contribution < -0.4 is 4.90 Å². The number of aromatic nitrogens is 1. The van der Waals surface area contributed by atoms with Gasteiger partial charge in [0, 0.05) is 30.9 Å². The molecule has 6 heteroatoms. The molecule has 2 rings (SSSR count). The van der Waals surface area contributed by atoms with Crippen LogP contribution in [0.2, 0.25) is 0 Å². The van der Waals surface area contributed by atoms with Crippen LogP contribution in [-0.4, -0.2) is 38.1 Å². The van der Waals surface area contributed by atoms with Gasteiger partial charge >= 0.3 is 0 Å². The Morgan fingerprint density at radius 1 is 1.56 bits per heavy atom. The second-order valence-electron chi connectivity index (χ2n) is 4.78. The molecule has 0 saturated carbocycles. The van der Waals surface area contributed by atoms with Gasteiger partial charge in [0.25, 0.3) is 0 Å². The third kappa shape index (κ3) is 2.47. The molecule has 0 bridgehead atoms.